The minimum atomic E-state index is -4.70. The maximum Gasteiger partial charge on any atom is 0.452 e. The second-order valence-electron chi connectivity index (χ2n) is 3.41. The normalized spacial score (nSPS) is 11.1. The molecule has 11 heteroatoms. The first-order valence-electron chi connectivity index (χ1n) is 5.07. The first-order chi connectivity index (χ1) is 9.27. The summed E-state index contributed by atoms with van der Waals surface area (Å²) < 4.78 is 49.1. The third-order valence-corrected chi connectivity index (χ3v) is 2.81. The number of esters is 2. The summed E-state index contributed by atoms with van der Waals surface area (Å²) in [5.74, 6) is -2.81. The van der Waals surface area contributed by atoms with E-state index in [1.54, 1.807) is 0 Å². The zero-order valence-electron chi connectivity index (χ0n) is 10.4. The van der Waals surface area contributed by atoms with Gasteiger partial charge in [-0.25, -0.2) is 0 Å². The lowest BCUT2D eigenvalue weighted by molar-refractivity contribution is -0.144. The molecule has 0 spiro atoms. The number of alkyl halides is 3. The zero-order valence-corrected chi connectivity index (χ0v) is 11.2. The predicted octanol–water partition coefficient (Wildman–Crippen LogP) is 0.709. The molecule has 0 saturated carbocycles. The molecule has 20 heavy (non-hydrogen) atoms. The Morgan fingerprint density at radius 2 is 1.70 bits per heavy atom. The van der Waals surface area contributed by atoms with Gasteiger partial charge >= 0.3 is 18.1 Å². The van der Waals surface area contributed by atoms with Crippen LogP contribution in [0.15, 0.2) is 0 Å². The van der Waals surface area contributed by atoms with Gasteiger partial charge in [-0.2, -0.15) is 22.5 Å². The maximum atomic E-state index is 12.4. The van der Waals surface area contributed by atoms with Crippen LogP contribution < -0.4 is 4.90 Å². The molecule has 0 aliphatic carbocycles. The molecule has 0 aliphatic heterocycles. The van der Waals surface area contributed by atoms with Crippen LogP contribution in [0.2, 0.25) is 0 Å². The van der Waals surface area contributed by atoms with Crippen molar-refractivity contribution in [3.8, 4) is 0 Å². The van der Waals surface area contributed by atoms with E-state index in [1.807, 2.05) is 0 Å². The summed E-state index contributed by atoms with van der Waals surface area (Å²) in [4.78, 5) is 26.6. The maximum absolute atomic E-state index is 12.4. The van der Waals surface area contributed by atoms with Crippen LogP contribution in [0.1, 0.15) is 5.82 Å². The second kappa shape index (κ2) is 6.50. The summed E-state index contributed by atoms with van der Waals surface area (Å²) in [6, 6.07) is 0. The highest BCUT2D eigenvalue weighted by Gasteiger charge is 2.37. The molecule has 112 valence electrons. The Morgan fingerprint density at radius 3 is 2.05 bits per heavy atom. The van der Waals surface area contributed by atoms with E-state index in [9.17, 15) is 22.8 Å². The lowest BCUT2D eigenvalue weighted by Gasteiger charge is -2.18. The van der Waals surface area contributed by atoms with Gasteiger partial charge in [-0.15, -0.1) is 0 Å². The quantitative estimate of drug-likeness (QED) is 0.740. The number of carbonyl (C=O) groups excluding carboxylic acids is 2. The highest BCUT2D eigenvalue weighted by atomic mass is 32.1. The van der Waals surface area contributed by atoms with Crippen LogP contribution in [0.5, 0.6) is 0 Å². The number of ether oxygens (including phenoxy) is 2. The first-order valence-corrected chi connectivity index (χ1v) is 5.84. The fraction of sp³-hybridized carbons (Fsp3) is 0.556. The van der Waals surface area contributed by atoms with E-state index in [1.165, 1.54) is 0 Å². The standard InChI is InChI=1S/C9H10F3N3O4S/c1-18-5(16)3-15(4-6(17)19-2)8-13-7(14-20-8)9(10,11)12/h3-4H2,1-2H3. The van der Waals surface area contributed by atoms with Crippen LogP contribution in [0.25, 0.3) is 0 Å². The molecule has 0 bridgehead atoms. The minimum Gasteiger partial charge on any atom is -0.468 e. The Kier molecular flexibility index (Phi) is 5.25. The molecule has 7 nitrogen and oxygen atoms in total. The van der Waals surface area contributed by atoms with E-state index >= 15 is 0 Å². The van der Waals surface area contributed by atoms with Crippen LogP contribution in [-0.4, -0.2) is 48.6 Å². The third kappa shape index (κ3) is 4.33. The van der Waals surface area contributed by atoms with Crippen molar-refractivity contribution in [3.63, 3.8) is 0 Å². The molecule has 1 heterocycles. The minimum absolute atomic E-state index is 0.229. The smallest absolute Gasteiger partial charge is 0.452 e. The SMILES string of the molecule is COC(=O)CN(CC(=O)OC)c1nc(C(F)(F)F)ns1. The molecule has 0 atom stereocenters. The van der Waals surface area contributed by atoms with Gasteiger partial charge in [-0.05, 0) is 0 Å². The number of hydrogen-bond donors (Lipinski definition) is 0. The van der Waals surface area contributed by atoms with E-state index in [4.69, 9.17) is 0 Å². The van der Waals surface area contributed by atoms with E-state index in [0.717, 1.165) is 19.1 Å². The summed E-state index contributed by atoms with van der Waals surface area (Å²) in [5.41, 5.74) is 0. The number of hydrogen-bond acceptors (Lipinski definition) is 8. The van der Waals surface area contributed by atoms with Gasteiger partial charge in [-0.1, -0.05) is 0 Å². The Bertz CT molecular complexity index is 473. The summed E-state index contributed by atoms with van der Waals surface area (Å²) in [6.45, 7) is -0.893. The molecule has 0 saturated heterocycles. The molecule has 0 aliphatic rings. The van der Waals surface area contributed by atoms with Gasteiger partial charge in [0, 0.05) is 11.5 Å². The molecular formula is C9H10F3N3O4S. The lowest BCUT2D eigenvalue weighted by atomic mass is 10.5. The lowest BCUT2D eigenvalue weighted by Crippen LogP contribution is -2.35. The summed E-state index contributed by atoms with van der Waals surface area (Å²) in [5, 5.41) is -0.229. The van der Waals surface area contributed by atoms with Gasteiger partial charge < -0.3 is 14.4 Å². The van der Waals surface area contributed by atoms with Gasteiger partial charge in [0.2, 0.25) is 11.0 Å². The van der Waals surface area contributed by atoms with Gasteiger partial charge in [0.25, 0.3) is 0 Å². The Hall–Kier alpha value is -1.91. The topological polar surface area (TPSA) is 81.6 Å². The average Bonchev–Trinajstić information content (AvgIpc) is 2.86. The highest BCUT2D eigenvalue weighted by molar-refractivity contribution is 7.09. The zero-order chi connectivity index (χ0) is 15.3. The van der Waals surface area contributed by atoms with Crippen molar-refractivity contribution in [2.45, 2.75) is 6.18 Å². The van der Waals surface area contributed by atoms with E-state index < -0.39 is 37.0 Å². The van der Waals surface area contributed by atoms with E-state index in [0.29, 0.717) is 11.5 Å². The Labute approximate surface area is 115 Å². The number of carbonyl (C=O) groups is 2. The number of anilines is 1. The number of halogens is 3. The molecule has 1 rings (SSSR count). The van der Waals surface area contributed by atoms with Crippen molar-refractivity contribution in [3.05, 3.63) is 5.82 Å². The molecule has 0 fully saturated rings. The van der Waals surface area contributed by atoms with E-state index in [-0.39, 0.29) is 5.13 Å². The Balaban J connectivity index is 2.94. The van der Waals surface area contributed by atoms with Gasteiger partial charge in [-0.3, -0.25) is 9.59 Å². The van der Waals surface area contributed by atoms with Crippen LogP contribution in [0.4, 0.5) is 18.3 Å². The van der Waals surface area contributed by atoms with Crippen LogP contribution in [-0.2, 0) is 25.2 Å². The summed E-state index contributed by atoms with van der Waals surface area (Å²) in [7, 11) is 2.22. The molecule has 1 aromatic rings. The summed E-state index contributed by atoms with van der Waals surface area (Å²) in [6.07, 6.45) is -4.70. The fourth-order valence-corrected chi connectivity index (χ4v) is 1.78. The van der Waals surface area contributed by atoms with Crippen molar-refractivity contribution < 1.29 is 32.2 Å². The van der Waals surface area contributed by atoms with Crippen molar-refractivity contribution in [1.29, 1.82) is 0 Å². The Morgan fingerprint density at radius 1 is 1.20 bits per heavy atom. The highest BCUT2D eigenvalue weighted by Crippen LogP contribution is 2.30. The van der Waals surface area contributed by atoms with Crippen molar-refractivity contribution >= 4 is 28.6 Å². The molecule has 0 unspecified atom stereocenters. The number of rotatable bonds is 5. The molecule has 0 amide bonds. The van der Waals surface area contributed by atoms with Gasteiger partial charge in [0.15, 0.2) is 0 Å². The largest absolute Gasteiger partial charge is 0.468 e. The van der Waals surface area contributed by atoms with Crippen LogP contribution >= 0.6 is 11.5 Å². The molecule has 1 aromatic heterocycles. The average molecular weight is 313 g/mol. The molecule has 0 radical (unpaired) electrons. The number of aromatic nitrogens is 2. The second-order valence-corrected chi connectivity index (χ2v) is 4.14. The third-order valence-electron chi connectivity index (χ3n) is 2.03. The number of nitrogens with zero attached hydrogens (tertiary/aromatic N) is 3. The van der Waals surface area contributed by atoms with Gasteiger partial charge in [0.1, 0.15) is 13.1 Å². The molecular weight excluding hydrogens is 303 g/mol. The van der Waals surface area contributed by atoms with Crippen molar-refractivity contribution in [2.24, 2.45) is 0 Å². The van der Waals surface area contributed by atoms with Crippen molar-refractivity contribution in [1.82, 2.24) is 9.36 Å². The van der Waals surface area contributed by atoms with Crippen LogP contribution in [0, 0.1) is 0 Å². The fourth-order valence-electron chi connectivity index (χ4n) is 1.09. The molecule has 0 N–H and O–H groups in total. The van der Waals surface area contributed by atoms with Crippen molar-refractivity contribution in [2.75, 3.05) is 32.2 Å². The monoisotopic (exact) mass is 313 g/mol. The predicted molar refractivity (Wildman–Crippen MR) is 61.2 cm³/mol. The first kappa shape index (κ1) is 16.1. The molecule has 0 aromatic carbocycles. The van der Waals surface area contributed by atoms with Gasteiger partial charge in [0.05, 0.1) is 14.2 Å². The van der Waals surface area contributed by atoms with E-state index in [2.05, 4.69) is 18.8 Å². The van der Waals surface area contributed by atoms with Crippen LogP contribution in [0.3, 0.4) is 0 Å². The summed E-state index contributed by atoms with van der Waals surface area (Å²) >= 11 is 0.419. The number of methoxy groups -OCH3 is 2.